The normalized spacial score (nSPS) is 10.6. The molecule has 4 heteroatoms. The Hall–Kier alpha value is -2.26. The molecule has 3 rings (SSSR count). The molecule has 0 atom stereocenters. The summed E-state index contributed by atoms with van der Waals surface area (Å²) in [7, 11) is 0. The molecule has 1 aromatic heterocycles. The Kier molecular flexibility index (Phi) is 2.97. The van der Waals surface area contributed by atoms with Gasteiger partial charge in [-0.3, -0.25) is 0 Å². The van der Waals surface area contributed by atoms with Crippen LogP contribution >= 0.6 is 11.6 Å². The van der Waals surface area contributed by atoms with Crippen LogP contribution in [0, 0.1) is 0 Å². The van der Waals surface area contributed by atoms with E-state index in [1.807, 2.05) is 24.3 Å². The van der Waals surface area contributed by atoms with Crippen molar-refractivity contribution in [3.05, 3.63) is 70.0 Å². The minimum absolute atomic E-state index is 0.431. The second-order valence-electron chi connectivity index (χ2n) is 3.96. The van der Waals surface area contributed by atoms with E-state index in [1.54, 1.807) is 24.3 Å². The molecule has 0 amide bonds. The molecule has 0 radical (unpaired) electrons. The van der Waals surface area contributed by atoms with Gasteiger partial charge in [0.25, 0.3) is 0 Å². The van der Waals surface area contributed by atoms with Crippen molar-refractivity contribution in [2.75, 3.05) is 0 Å². The Balaban J connectivity index is 2.15. The number of rotatable bonds is 2. The molecule has 0 aliphatic heterocycles. The van der Waals surface area contributed by atoms with Crippen molar-refractivity contribution < 1.29 is 9.15 Å². The minimum Gasteiger partial charge on any atom is -0.455 e. The summed E-state index contributed by atoms with van der Waals surface area (Å²) in [6.45, 7) is 0. The molecular formula is C15H9ClO3. The molecule has 0 saturated heterocycles. The zero-order chi connectivity index (χ0) is 13.2. The molecule has 0 aliphatic rings. The third-order valence-corrected chi connectivity index (χ3v) is 2.98. The first-order valence-electron chi connectivity index (χ1n) is 5.69. The summed E-state index contributed by atoms with van der Waals surface area (Å²) < 4.78 is 10.8. The number of para-hydroxylation sites is 2. The molecule has 0 saturated carbocycles. The lowest BCUT2D eigenvalue weighted by atomic mass is 10.2. The molecule has 0 N–H and O–H groups in total. The van der Waals surface area contributed by atoms with Crippen molar-refractivity contribution in [2.45, 2.75) is 0 Å². The van der Waals surface area contributed by atoms with Gasteiger partial charge in [-0.2, -0.15) is 0 Å². The lowest BCUT2D eigenvalue weighted by Gasteiger charge is -2.08. The van der Waals surface area contributed by atoms with Gasteiger partial charge in [-0.25, -0.2) is 4.79 Å². The largest absolute Gasteiger partial charge is 0.455 e. The number of hydrogen-bond acceptors (Lipinski definition) is 3. The van der Waals surface area contributed by atoms with E-state index in [4.69, 9.17) is 20.8 Å². The van der Waals surface area contributed by atoms with E-state index < -0.39 is 5.63 Å². The van der Waals surface area contributed by atoms with E-state index in [1.165, 1.54) is 6.07 Å². The third-order valence-electron chi connectivity index (χ3n) is 2.67. The van der Waals surface area contributed by atoms with Crippen LogP contribution in [0.5, 0.6) is 11.5 Å². The van der Waals surface area contributed by atoms with E-state index in [0.717, 1.165) is 5.39 Å². The van der Waals surface area contributed by atoms with Gasteiger partial charge in [0.15, 0.2) is 0 Å². The molecule has 0 spiro atoms. The van der Waals surface area contributed by atoms with Crippen molar-refractivity contribution in [3.63, 3.8) is 0 Å². The van der Waals surface area contributed by atoms with E-state index in [9.17, 15) is 4.79 Å². The first-order chi connectivity index (χ1) is 9.24. The fraction of sp³-hybridized carbons (Fsp3) is 0. The monoisotopic (exact) mass is 272 g/mol. The third kappa shape index (κ3) is 2.33. The number of halogens is 1. The summed E-state index contributed by atoms with van der Waals surface area (Å²) >= 11 is 6.04. The summed E-state index contributed by atoms with van der Waals surface area (Å²) in [5, 5.41) is 1.21. The number of ether oxygens (including phenoxy) is 1. The van der Waals surface area contributed by atoms with Gasteiger partial charge >= 0.3 is 5.63 Å². The maximum absolute atomic E-state index is 11.5. The van der Waals surface area contributed by atoms with Crippen molar-refractivity contribution in [2.24, 2.45) is 0 Å². The number of hydrogen-bond donors (Lipinski definition) is 0. The van der Waals surface area contributed by atoms with Crippen LogP contribution in [0.3, 0.4) is 0 Å². The maximum atomic E-state index is 11.5. The molecule has 3 aromatic rings. The molecule has 19 heavy (non-hydrogen) atoms. The molecule has 0 fully saturated rings. The Labute approximate surface area is 114 Å². The fourth-order valence-corrected chi connectivity index (χ4v) is 1.99. The van der Waals surface area contributed by atoms with Gasteiger partial charge in [-0.1, -0.05) is 35.9 Å². The Morgan fingerprint density at radius 1 is 0.947 bits per heavy atom. The van der Waals surface area contributed by atoms with Crippen molar-refractivity contribution >= 4 is 22.6 Å². The van der Waals surface area contributed by atoms with Crippen LogP contribution in [0.15, 0.2) is 63.8 Å². The Bertz CT molecular complexity index is 792. The first kappa shape index (κ1) is 11.8. The van der Waals surface area contributed by atoms with Crippen LogP contribution < -0.4 is 10.4 Å². The highest BCUT2D eigenvalue weighted by Crippen LogP contribution is 2.32. The van der Waals surface area contributed by atoms with Gasteiger partial charge in [0.1, 0.15) is 17.1 Å². The van der Waals surface area contributed by atoms with Gasteiger partial charge in [0.2, 0.25) is 0 Å². The van der Waals surface area contributed by atoms with Gasteiger partial charge < -0.3 is 9.15 Å². The van der Waals surface area contributed by atoms with E-state index in [2.05, 4.69) is 0 Å². The average molecular weight is 273 g/mol. The van der Waals surface area contributed by atoms with Crippen LogP contribution in [-0.2, 0) is 0 Å². The van der Waals surface area contributed by atoms with E-state index >= 15 is 0 Å². The molecular weight excluding hydrogens is 264 g/mol. The summed E-state index contributed by atoms with van der Waals surface area (Å²) in [6, 6.07) is 15.6. The topological polar surface area (TPSA) is 39.4 Å². The first-order valence-corrected chi connectivity index (χ1v) is 6.07. The van der Waals surface area contributed by atoms with Crippen LogP contribution in [0.2, 0.25) is 5.02 Å². The van der Waals surface area contributed by atoms with Gasteiger partial charge in [-0.05, 0) is 24.3 Å². The lowest BCUT2D eigenvalue weighted by molar-refractivity contribution is 0.475. The number of fused-ring (bicyclic) bond motifs is 1. The van der Waals surface area contributed by atoms with Crippen LogP contribution in [0.4, 0.5) is 0 Å². The van der Waals surface area contributed by atoms with Crippen LogP contribution in [0.1, 0.15) is 0 Å². The van der Waals surface area contributed by atoms with E-state index in [0.29, 0.717) is 22.1 Å². The zero-order valence-electron chi connectivity index (χ0n) is 9.80. The molecule has 0 aliphatic carbocycles. The van der Waals surface area contributed by atoms with Gasteiger partial charge in [0.05, 0.1) is 16.5 Å². The lowest BCUT2D eigenvalue weighted by Crippen LogP contribution is -1.98. The summed E-state index contributed by atoms with van der Waals surface area (Å²) in [4.78, 5) is 11.5. The van der Waals surface area contributed by atoms with Gasteiger partial charge in [0, 0.05) is 0 Å². The van der Waals surface area contributed by atoms with Crippen LogP contribution in [-0.4, -0.2) is 0 Å². The predicted molar refractivity (Wildman–Crippen MR) is 74.0 cm³/mol. The summed E-state index contributed by atoms with van der Waals surface area (Å²) in [6.07, 6.45) is 0. The van der Waals surface area contributed by atoms with Gasteiger partial charge in [-0.15, -0.1) is 0 Å². The Morgan fingerprint density at radius 2 is 1.68 bits per heavy atom. The second-order valence-corrected chi connectivity index (χ2v) is 4.37. The quantitative estimate of drug-likeness (QED) is 0.655. The fourth-order valence-electron chi connectivity index (χ4n) is 1.81. The molecule has 3 nitrogen and oxygen atoms in total. The van der Waals surface area contributed by atoms with Crippen molar-refractivity contribution in [1.29, 1.82) is 0 Å². The summed E-state index contributed by atoms with van der Waals surface area (Å²) in [5.74, 6) is 0.930. The number of benzene rings is 2. The molecule has 2 aromatic carbocycles. The average Bonchev–Trinajstić information content (AvgIpc) is 2.41. The minimum atomic E-state index is -0.458. The standard InChI is InChI=1S/C15H9ClO3/c16-11-6-2-4-8-13(11)18-14-9-15(17)19-12-7-3-1-5-10(12)14/h1-9H. The highest BCUT2D eigenvalue weighted by Gasteiger charge is 2.08. The maximum Gasteiger partial charge on any atom is 0.339 e. The van der Waals surface area contributed by atoms with E-state index in [-0.39, 0.29) is 0 Å². The predicted octanol–water partition coefficient (Wildman–Crippen LogP) is 4.24. The highest BCUT2D eigenvalue weighted by atomic mass is 35.5. The molecule has 0 bridgehead atoms. The molecule has 94 valence electrons. The zero-order valence-corrected chi connectivity index (χ0v) is 10.6. The highest BCUT2D eigenvalue weighted by molar-refractivity contribution is 6.32. The second kappa shape index (κ2) is 4.78. The summed E-state index contributed by atoms with van der Waals surface area (Å²) in [5.41, 5.74) is 0.0257. The SMILES string of the molecule is O=c1cc(Oc2ccccc2Cl)c2ccccc2o1. The van der Waals surface area contributed by atoms with Crippen molar-refractivity contribution in [3.8, 4) is 11.5 Å². The van der Waals surface area contributed by atoms with Crippen LogP contribution in [0.25, 0.3) is 11.0 Å². The van der Waals surface area contributed by atoms with Crippen molar-refractivity contribution in [1.82, 2.24) is 0 Å². The Morgan fingerprint density at radius 3 is 2.53 bits per heavy atom. The molecule has 0 unspecified atom stereocenters. The molecule has 1 heterocycles. The smallest absolute Gasteiger partial charge is 0.339 e.